The van der Waals surface area contributed by atoms with Crippen molar-refractivity contribution in [3.8, 4) is 23.8 Å². The van der Waals surface area contributed by atoms with Crippen LogP contribution in [0, 0.1) is 46.8 Å². The summed E-state index contributed by atoms with van der Waals surface area (Å²) >= 11 is 0. The molecule has 194 valence electrons. The predicted octanol–water partition coefficient (Wildman–Crippen LogP) is 7.21. The smallest absolute Gasteiger partial charge is 0.303 e. The van der Waals surface area contributed by atoms with E-state index in [0.717, 1.165) is 56.1 Å². The maximum Gasteiger partial charge on any atom is 0.303 e. The van der Waals surface area contributed by atoms with Gasteiger partial charge in [-0.2, -0.15) is 0 Å². The van der Waals surface area contributed by atoms with Gasteiger partial charge in [0.15, 0.2) is 11.5 Å². The number of fused-ring (bicyclic) bond motifs is 7. The van der Waals surface area contributed by atoms with E-state index in [2.05, 4.69) is 46.6 Å². The number of aliphatic carboxylic acids is 1. The molecule has 3 saturated carbocycles. The van der Waals surface area contributed by atoms with Crippen LogP contribution in [0.15, 0.2) is 17.7 Å². The first-order valence-corrected chi connectivity index (χ1v) is 13.6. The number of carbonyl (C=O) groups is 1. The molecule has 0 heterocycles. The Morgan fingerprint density at radius 3 is 2.36 bits per heavy atom. The van der Waals surface area contributed by atoms with E-state index in [-0.39, 0.29) is 50.9 Å². The summed E-state index contributed by atoms with van der Waals surface area (Å²) in [6.07, 6.45) is 15.9. The third kappa shape index (κ3) is 3.10. The molecule has 7 atom stereocenters. The van der Waals surface area contributed by atoms with Crippen LogP contribution in [0.3, 0.4) is 0 Å². The summed E-state index contributed by atoms with van der Waals surface area (Å²) in [5.74, 6) is 2.34. The Morgan fingerprint density at radius 2 is 1.72 bits per heavy atom. The lowest BCUT2D eigenvalue weighted by molar-refractivity contribution is -0.165. The molecule has 4 aliphatic rings. The Morgan fingerprint density at radius 1 is 1.06 bits per heavy atom. The lowest BCUT2D eigenvalue weighted by atomic mass is 9.34. The first-order chi connectivity index (χ1) is 16.6. The van der Waals surface area contributed by atoms with Crippen LogP contribution in [-0.4, -0.2) is 21.3 Å². The Labute approximate surface area is 216 Å². The summed E-state index contributed by atoms with van der Waals surface area (Å²) in [6.45, 7) is 13.7. The van der Waals surface area contributed by atoms with E-state index < -0.39 is 5.97 Å². The zero-order valence-electron chi connectivity index (χ0n) is 22.8. The fraction of sp³-hybridized carbons (Fsp3) is 0.656. The van der Waals surface area contributed by atoms with Gasteiger partial charge in [-0.05, 0) is 102 Å². The molecular weight excluding hydrogens is 448 g/mol. The van der Waals surface area contributed by atoms with E-state index >= 15 is 0 Å². The minimum Gasteiger partial charge on any atom is -0.504 e. The van der Waals surface area contributed by atoms with E-state index in [9.17, 15) is 20.1 Å². The van der Waals surface area contributed by atoms with Crippen molar-refractivity contribution in [3.05, 3.63) is 34.4 Å². The third-order valence-electron chi connectivity index (χ3n) is 12.0. The summed E-state index contributed by atoms with van der Waals surface area (Å²) in [4.78, 5) is 11.8. The molecule has 5 rings (SSSR count). The monoisotopic (exact) mass is 490 g/mol. The first-order valence-electron chi connectivity index (χ1n) is 13.6. The Kier molecular flexibility index (Phi) is 5.30. The normalized spacial score (nSPS) is 43.2. The van der Waals surface area contributed by atoms with Crippen molar-refractivity contribution in [2.75, 3.05) is 0 Å². The fourth-order valence-corrected chi connectivity index (χ4v) is 9.46. The number of benzene rings is 1. The standard InChI is InChI=1S/C32H42O4/c1-8-20-15-23-30(5,21-16-22(33)27(36)19(2)26(20)21)12-14-32(7)24-17-28(3,18-25(34)35)9-10-29(24,4)11-13-31(23,32)6/h1,15-16,20,24,33,36H,9-14,17-18H2,2-7H3,(H,34,35). The Hall–Kier alpha value is -2.41. The molecule has 0 radical (unpaired) electrons. The molecule has 0 bridgehead atoms. The van der Waals surface area contributed by atoms with Crippen LogP contribution in [0.4, 0.5) is 0 Å². The highest BCUT2D eigenvalue weighted by Gasteiger charge is 2.66. The molecular formula is C32H42O4. The molecule has 3 fully saturated rings. The van der Waals surface area contributed by atoms with Crippen molar-refractivity contribution in [1.29, 1.82) is 0 Å². The van der Waals surface area contributed by atoms with Crippen LogP contribution in [0.2, 0.25) is 0 Å². The molecule has 0 aliphatic heterocycles. The molecule has 1 aromatic carbocycles. The highest BCUT2D eigenvalue weighted by atomic mass is 16.4. The van der Waals surface area contributed by atoms with Gasteiger partial charge in [0.25, 0.3) is 0 Å². The largest absolute Gasteiger partial charge is 0.504 e. The van der Waals surface area contributed by atoms with E-state index in [1.807, 2.05) is 6.92 Å². The average molecular weight is 491 g/mol. The molecule has 7 unspecified atom stereocenters. The van der Waals surface area contributed by atoms with Crippen LogP contribution in [0.1, 0.15) is 109 Å². The summed E-state index contributed by atoms with van der Waals surface area (Å²) in [6, 6.07) is 1.76. The number of hydrogen-bond donors (Lipinski definition) is 3. The van der Waals surface area contributed by atoms with Crippen molar-refractivity contribution in [2.45, 2.75) is 104 Å². The molecule has 0 saturated heterocycles. The number of aromatic hydroxyl groups is 2. The minimum absolute atomic E-state index is 0.0240. The number of rotatable bonds is 2. The van der Waals surface area contributed by atoms with Gasteiger partial charge in [0, 0.05) is 5.41 Å². The topological polar surface area (TPSA) is 77.8 Å². The lowest BCUT2D eigenvalue weighted by Gasteiger charge is -2.70. The van der Waals surface area contributed by atoms with Crippen molar-refractivity contribution in [1.82, 2.24) is 0 Å². The summed E-state index contributed by atoms with van der Waals surface area (Å²) in [5, 5.41) is 30.8. The van der Waals surface area contributed by atoms with Crippen molar-refractivity contribution in [2.24, 2.45) is 27.6 Å². The van der Waals surface area contributed by atoms with Crippen molar-refractivity contribution in [3.63, 3.8) is 0 Å². The van der Waals surface area contributed by atoms with E-state index in [0.29, 0.717) is 11.5 Å². The molecule has 0 amide bonds. The van der Waals surface area contributed by atoms with Gasteiger partial charge in [0.05, 0.1) is 12.3 Å². The quantitative estimate of drug-likeness (QED) is 0.233. The summed E-state index contributed by atoms with van der Waals surface area (Å²) in [7, 11) is 0. The molecule has 1 aromatic rings. The molecule has 4 nitrogen and oxygen atoms in total. The highest BCUT2D eigenvalue weighted by molar-refractivity contribution is 5.67. The van der Waals surface area contributed by atoms with E-state index in [1.165, 1.54) is 5.57 Å². The van der Waals surface area contributed by atoms with Gasteiger partial charge in [-0.25, -0.2) is 0 Å². The second-order valence-corrected chi connectivity index (χ2v) is 13.9. The van der Waals surface area contributed by atoms with Crippen LogP contribution >= 0.6 is 0 Å². The van der Waals surface area contributed by atoms with Gasteiger partial charge in [0.2, 0.25) is 0 Å². The zero-order chi connectivity index (χ0) is 26.5. The second kappa shape index (κ2) is 7.56. The molecule has 36 heavy (non-hydrogen) atoms. The number of phenols is 2. The van der Waals surface area contributed by atoms with Crippen molar-refractivity contribution < 1.29 is 20.1 Å². The number of phenolic OH excluding ortho intramolecular Hbond substituents is 2. The lowest BCUT2D eigenvalue weighted by Crippen LogP contribution is -2.62. The average Bonchev–Trinajstić information content (AvgIpc) is 2.80. The first kappa shape index (κ1) is 25.2. The van der Waals surface area contributed by atoms with Gasteiger partial charge in [-0.15, -0.1) is 6.42 Å². The molecule has 4 aliphatic carbocycles. The molecule has 4 heteroatoms. The number of hydrogen-bond acceptors (Lipinski definition) is 3. The van der Waals surface area contributed by atoms with Crippen LogP contribution < -0.4 is 0 Å². The maximum absolute atomic E-state index is 11.8. The second-order valence-electron chi connectivity index (χ2n) is 13.9. The fourth-order valence-electron chi connectivity index (χ4n) is 9.46. The van der Waals surface area contributed by atoms with Crippen LogP contribution in [0.25, 0.3) is 0 Å². The summed E-state index contributed by atoms with van der Waals surface area (Å²) < 4.78 is 0. The van der Waals surface area contributed by atoms with E-state index in [4.69, 9.17) is 6.42 Å². The maximum atomic E-state index is 11.8. The van der Waals surface area contributed by atoms with Gasteiger partial charge in [0.1, 0.15) is 0 Å². The van der Waals surface area contributed by atoms with Gasteiger partial charge in [-0.1, -0.05) is 52.2 Å². The van der Waals surface area contributed by atoms with Crippen molar-refractivity contribution >= 4 is 5.97 Å². The SMILES string of the molecule is C#CC1C=C2C(C)(CCC3(C)C4CC(C)(CC(=O)O)CCC4(C)CCC23C)c2cc(O)c(O)c(C)c21. The van der Waals surface area contributed by atoms with Gasteiger partial charge < -0.3 is 15.3 Å². The number of terminal acetylenes is 1. The third-order valence-corrected chi connectivity index (χ3v) is 12.0. The molecule has 0 aromatic heterocycles. The Bertz CT molecular complexity index is 1220. The highest BCUT2D eigenvalue weighted by Crippen LogP contribution is 2.75. The van der Waals surface area contributed by atoms with Gasteiger partial charge >= 0.3 is 5.97 Å². The minimum atomic E-state index is -0.692. The number of carboxylic acids is 1. The number of allylic oxidation sites excluding steroid dienone is 2. The Balaban J connectivity index is 1.66. The zero-order valence-corrected chi connectivity index (χ0v) is 22.8. The van der Waals surface area contributed by atoms with E-state index in [1.54, 1.807) is 6.07 Å². The van der Waals surface area contributed by atoms with Gasteiger partial charge in [-0.3, -0.25) is 4.79 Å². The predicted molar refractivity (Wildman–Crippen MR) is 142 cm³/mol. The molecule has 3 N–H and O–H groups in total. The molecule has 0 spiro atoms. The van der Waals surface area contributed by atoms with Crippen LogP contribution in [0.5, 0.6) is 11.5 Å². The number of carboxylic acid groups (broad SMARTS) is 1. The summed E-state index contributed by atoms with van der Waals surface area (Å²) in [5.41, 5.74) is 3.82. The van der Waals surface area contributed by atoms with Crippen LogP contribution in [-0.2, 0) is 10.2 Å².